The molecule has 0 aromatic rings. The fourth-order valence-electron chi connectivity index (χ4n) is 5.36. The SMILES string of the molecule is C[C@@H](O)[C@H](NC(=O)[C@@H]1CCCN1C(=O)[C@@H](N)CCCCN)C(=O)N1CCC[C@H]1C(=O)N[C@@H](CCC(=O)O)C(=O)NCC(=O)O. The summed E-state index contributed by atoms with van der Waals surface area (Å²) in [6, 6.07) is -5.63. The summed E-state index contributed by atoms with van der Waals surface area (Å²) >= 11 is 0. The Bertz CT molecular complexity index is 1070. The van der Waals surface area contributed by atoms with E-state index in [4.69, 9.17) is 21.7 Å². The lowest BCUT2D eigenvalue weighted by atomic mass is 10.1. The Labute approximate surface area is 255 Å². The van der Waals surface area contributed by atoms with Gasteiger partial charge in [-0.1, -0.05) is 6.42 Å². The van der Waals surface area contributed by atoms with Gasteiger partial charge in [0.2, 0.25) is 29.5 Å². The molecule has 2 fully saturated rings. The van der Waals surface area contributed by atoms with Gasteiger partial charge in [-0.25, -0.2) is 0 Å². The minimum absolute atomic E-state index is 0.104. The van der Waals surface area contributed by atoms with Crippen LogP contribution in [0.1, 0.15) is 64.7 Å². The average Bonchev–Trinajstić information content (AvgIpc) is 3.66. The van der Waals surface area contributed by atoms with E-state index in [9.17, 15) is 38.7 Å². The van der Waals surface area contributed by atoms with Gasteiger partial charge in [0.15, 0.2) is 0 Å². The van der Waals surface area contributed by atoms with E-state index in [1.807, 2.05) is 0 Å². The highest BCUT2D eigenvalue weighted by Crippen LogP contribution is 2.22. The first-order chi connectivity index (χ1) is 20.8. The van der Waals surface area contributed by atoms with Crippen LogP contribution in [-0.4, -0.2) is 129 Å². The summed E-state index contributed by atoms with van der Waals surface area (Å²) in [7, 11) is 0. The fourth-order valence-corrected chi connectivity index (χ4v) is 5.36. The molecule has 0 spiro atoms. The van der Waals surface area contributed by atoms with Crippen molar-refractivity contribution < 1.29 is 48.9 Å². The molecule has 17 heteroatoms. The van der Waals surface area contributed by atoms with Crippen molar-refractivity contribution in [1.82, 2.24) is 25.8 Å². The monoisotopic (exact) mass is 627 g/mol. The zero-order valence-electron chi connectivity index (χ0n) is 24.9. The van der Waals surface area contributed by atoms with Crippen molar-refractivity contribution in [3.8, 4) is 0 Å². The van der Waals surface area contributed by atoms with Crippen molar-refractivity contribution in [3.05, 3.63) is 0 Å². The lowest BCUT2D eigenvalue weighted by Crippen LogP contribution is -2.60. The largest absolute Gasteiger partial charge is 0.481 e. The van der Waals surface area contributed by atoms with Crippen LogP contribution in [0, 0.1) is 0 Å². The Morgan fingerprint density at radius 1 is 0.841 bits per heavy atom. The number of hydrogen-bond acceptors (Lipinski definition) is 10. The van der Waals surface area contributed by atoms with E-state index in [1.165, 1.54) is 16.7 Å². The number of carboxylic acid groups (broad SMARTS) is 2. The van der Waals surface area contributed by atoms with E-state index < -0.39 is 84.8 Å². The van der Waals surface area contributed by atoms with Gasteiger partial charge in [0.05, 0.1) is 12.1 Å². The quantitative estimate of drug-likeness (QED) is 0.0742. The van der Waals surface area contributed by atoms with Gasteiger partial charge in [0.25, 0.3) is 0 Å². The van der Waals surface area contributed by atoms with Crippen molar-refractivity contribution >= 4 is 41.5 Å². The van der Waals surface area contributed by atoms with E-state index in [-0.39, 0.29) is 25.3 Å². The molecule has 2 aliphatic heterocycles. The predicted molar refractivity (Wildman–Crippen MR) is 153 cm³/mol. The molecule has 5 amide bonds. The van der Waals surface area contributed by atoms with Crippen molar-refractivity contribution in [1.29, 1.82) is 0 Å². The number of aliphatic hydroxyl groups is 1. The lowest BCUT2D eigenvalue weighted by molar-refractivity contribution is -0.146. The van der Waals surface area contributed by atoms with Crippen LogP contribution >= 0.6 is 0 Å². The van der Waals surface area contributed by atoms with Crippen LogP contribution in [0.5, 0.6) is 0 Å². The number of aliphatic hydroxyl groups excluding tert-OH is 1. The van der Waals surface area contributed by atoms with E-state index >= 15 is 0 Å². The molecule has 248 valence electrons. The van der Waals surface area contributed by atoms with Gasteiger partial charge >= 0.3 is 11.9 Å². The third-order valence-corrected chi connectivity index (χ3v) is 7.70. The summed E-state index contributed by atoms with van der Waals surface area (Å²) in [5.74, 6) is -6.03. The summed E-state index contributed by atoms with van der Waals surface area (Å²) in [5, 5.41) is 35.4. The van der Waals surface area contributed by atoms with Crippen LogP contribution in [0.25, 0.3) is 0 Å². The van der Waals surface area contributed by atoms with Gasteiger partial charge in [-0.3, -0.25) is 33.6 Å². The normalized spacial score (nSPS) is 20.7. The number of carbonyl (C=O) groups excluding carboxylic acids is 5. The number of likely N-dealkylation sites (tertiary alicyclic amines) is 2. The number of amides is 5. The molecule has 17 nitrogen and oxygen atoms in total. The number of carbonyl (C=O) groups is 7. The number of nitrogens with zero attached hydrogens (tertiary/aromatic N) is 2. The molecular weight excluding hydrogens is 582 g/mol. The fraction of sp³-hybridized carbons (Fsp3) is 0.741. The van der Waals surface area contributed by atoms with Gasteiger partial charge in [-0.15, -0.1) is 0 Å². The third-order valence-electron chi connectivity index (χ3n) is 7.70. The van der Waals surface area contributed by atoms with Crippen LogP contribution < -0.4 is 27.4 Å². The molecule has 0 aromatic heterocycles. The third kappa shape index (κ3) is 10.4. The maximum Gasteiger partial charge on any atom is 0.322 e. The second-order valence-corrected chi connectivity index (χ2v) is 11.1. The molecular formula is C27H45N7O10. The minimum atomic E-state index is -1.45. The summed E-state index contributed by atoms with van der Waals surface area (Å²) in [6.45, 7) is 1.44. The Balaban J connectivity index is 2.12. The first kappa shape index (κ1) is 36.4. The summed E-state index contributed by atoms with van der Waals surface area (Å²) in [4.78, 5) is 89.9. The van der Waals surface area contributed by atoms with Crippen LogP contribution in [0.15, 0.2) is 0 Å². The molecule has 6 atom stereocenters. The first-order valence-corrected chi connectivity index (χ1v) is 14.8. The molecule has 0 saturated carbocycles. The van der Waals surface area contributed by atoms with Crippen LogP contribution in [0.2, 0.25) is 0 Å². The lowest BCUT2D eigenvalue weighted by Gasteiger charge is -2.32. The first-order valence-electron chi connectivity index (χ1n) is 14.8. The highest BCUT2D eigenvalue weighted by molar-refractivity contribution is 5.97. The number of hydrogen-bond donors (Lipinski definition) is 8. The van der Waals surface area contributed by atoms with Crippen LogP contribution in [-0.2, 0) is 33.6 Å². The predicted octanol–water partition coefficient (Wildman–Crippen LogP) is -3.16. The van der Waals surface area contributed by atoms with Crippen molar-refractivity contribution in [2.75, 3.05) is 26.2 Å². The number of carboxylic acids is 2. The zero-order chi connectivity index (χ0) is 33.0. The molecule has 2 saturated heterocycles. The minimum Gasteiger partial charge on any atom is -0.481 e. The molecule has 0 radical (unpaired) electrons. The second kappa shape index (κ2) is 17.5. The Hall–Kier alpha value is -3.83. The van der Waals surface area contributed by atoms with E-state index in [2.05, 4.69) is 16.0 Å². The topological polar surface area (TPSA) is 275 Å². The summed E-state index contributed by atoms with van der Waals surface area (Å²) < 4.78 is 0. The number of unbranched alkanes of at least 4 members (excludes halogenated alkanes) is 1. The number of rotatable bonds is 17. The van der Waals surface area contributed by atoms with Crippen LogP contribution in [0.3, 0.4) is 0 Å². The smallest absolute Gasteiger partial charge is 0.322 e. The average molecular weight is 628 g/mol. The maximum absolute atomic E-state index is 13.6. The number of nitrogens with one attached hydrogen (secondary N) is 3. The van der Waals surface area contributed by atoms with Gasteiger partial charge in [0.1, 0.15) is 30.7 Å². The van der Waals surface area contributed by atoms with Crippen LogP contribution in [0.4, 0.5) is 0 Å². The summed E-state index contributed by atoms with van der Waals surface area (Å²) in [6.07, 6.45) is 1.05. The highest BCUT2D eigenvalue weighted by Gasteiger charge is 2.42. The standard InChI is InChI=1S/C27H45N7O10/c1-15(35)22(32-25(42)19-8-4-12-33(19)26(43)16(29)6-2-3-11-28)27(44)34-13-5-7-18(34)24(41)31-17(9-10-20(36)37)23(40)30-14-21(38)39/h15-19,22,35H,2-14,28-29H2,1H3,(H,30,40)(H,31,41)(H,32,42)(H,36,37)(H,38,39)/t15-,16+,17+,18+,19+,22+/m1/s1. The highest BCUT2D eigenvalue weighted by atomic mass is 16.4. The Kier molecular flexibility index (Phi) is 14.4. The van der Waals surface area contributed by atoms with E-state index in [1.54, 1.807) is 0 Å². The summed E-state index contributed by atoms with van der Waals surface area (Å²) in [5.41, 5.74) is 11.6. The Morgan fingerprint density at radius 3 is 1.93 bits per heavy atom. The van der Waals surface area contributed by atoms with Crippen molar-refractivity contribution in [3.63, 3.8) is 0 Å². The molecule has 0 aromatic carbocycles. The van der Waals surface area contributed by atoms with Crippen molar-refractivity contribution in [2.45, 2.75) is 101 Å². The van der Waals surface area contributed by atoms with Gasteiger partial charge in [-0.2, -0.15) is 0 Å². The molecule has 2 heterocycles. The second-order valence-electron chi connectivity index (χ2n) is 11.1. The Morgan fingerprint density at radius 2 is 1.41 bits per heavy atom. The van der Waals surface area contributed by atoms with Gasteiger partial charge in [0, 0.05) is 19.5 Å². The van der Waals surface area contributed by atoms with Gasteiger partial charge in [-0.05, 0) is 58.4 Å². The molecule has 2 rings (SSSR count). The zero-order valence-corrected chi connectivity index (χ0v) is 24.9. The molecule has 0 unspecified atom stereocenters. The van der Waals surface area contributed by atoms with E-state index in [0.29, 0.717) is 51.6 Å². The molecule has 10 N–H and O–H groups in total. The van der Waals surface area contributed by atoms with Crippen molar-refractivity contribution in [2.24, 2.45) is 11.5 Å². The number of aliphatic carboxylic acids is 2. The molecule has 44 heavy (non-hydrogen) atoms. The molecule has 0 aliphatic carbocycles. The maximum atomic E-state index is 13.6. The van der Waals surface area contributed by atoms with E-state index in [0.717, 1.165) is 0 Å². The molecule has 0 bridgehead atoms. The molecule has 2 aliphatic rings. The van der Waals surface area contributed by atoms with Gasteiger partial charge < -0.3 is 52.5 Å². The number of nitrogens with two attached hydrogens (primary N) is 2.